The van der Waals surface area contributed by atoms with Crippen molar-refractivity contribution >= 4 is 12.6 Å². The van der Waals surface area contributed by atoms with Crippen molar-refractivity contribution < 1.29 is 22.6 Å². The second-order valence-electron chi connectivity index (χ2n) is 6.75. The fourth-order valence-corrected chi connectivity index (χ4v) is 2.52. The zero-order valence-electron chi connectivity index (χ0n) is 13.7. The predicted octanol–water partition coefficient (Wildman–Crippen LogP) is 3.23. The molecule has 7 heteroatoms. The lowest BCUT2D eigenvalue weighted by Gasteiger charge is -2.32. The van der Waals surface area contributed by atoms with Crippen LogP contribution < -0.4 is 5.46 Å². The molecule has 1 aromatic carbocycles. The highest BCUT2D eigenvalue weighted by molar-refractivity contribution is 6.64. The Labute approximate surface area is 133 Å². The first-order chi connectivity index (χ1) is 10.6. The molecule has 122 valence electrons. The molecule has 0 radical (unpaired) electrons. The second-order valence-corrected chi connectivity index (χ2v) is 6.75. The maximum Gasteiger partial charge on any atom is 0.500 e. The molecule has 2 heterocycles. The van der Waals surface area contributed by atoms with E-state index in [1.807, 2.05) is 27.7 Å². The summed E-state index contributed by atoms with van der Waals surface area (Å²) >= 11 is 0. The molecule has 1 aromatic heterocycles. The van der Waals surface area contributed by atoms with E-state index in [1.54, 1.807) is 6.92 Å². The van der Waals surface area contributed by atoms with Crippen molar-refractivity contribution in [3.8, 4) is 11.3 Å². The molecule has 0 amide bonds. The van der Waals surface area contributed by atoms with Gasteiger partial charge in [-0.1, -0.05) is 5.16 Å². The van der Waals surface area contributed by atoms with Gasteiger partial charge in [0.25, 0.3) is 0 Å². The Morgan fingerprint density at radius 1 is 0.957 bits per heavy atom. The van der Waals surface area contributed by atoms with Crippen molar-refractivity contribution in [2.75, 3.05) is 0 Å². The normalized spacial score (nSPS) is 19.3. The van der Waals surface area contributed by atoms with Gasteiger partial charge in [-0.15, -0.1) is 0 Å². The maximum atomic E-state index is 13.5. The molecule has 1 aliphatic rings. The fraction of sp³-hybridized carbons (Fsp3) is 0.438. The molecule has 1 aliphatic heterocycles. The summed E-state index contributed by atoms with van der Waals surface area (Å²) < 4.78 is 44.3. The summed E-state index contributed by atoms with van der Waals surface area (Å²) in [6.45, 7) is 9.43. The lowest BCUT2D eigenvalue weighted by atomic mass is 9.76. The van der Waals surface area contributed by atoms with Crippen LogP contribution in [0.4, 0.5) is 8.78 Å². The van der Waals surface area contributed by atoms with Crippen molar-refractivity contribution in [3.05, 3.63) is 35.6 Å². The molecule has 1 saturated heterocycles. The molecule has 2 aromatic rings. The standard InChI is InChI=1S/C16H18BF2NO3/c1-9-13(17-22-15(2,3)16(4,5)23-17)14(20-21-9)10-6-11(18)8-12(19)7-10/h6-8H,1-5H3. The van der Waals surface area contributed by atoms with E-state index in [2.05, 4.69) is 5.16 Å². The largest absolute Gasteiger partial charge is 0.500 e. The third-order valence-electron chi connectivity index (χ3n) is 4.53. The molecule has 0 saturated carbocycles. The van der Waals surface area contributed by atoms with Gasteiger partial charge >= 0.3 is 7.12 Å². The Morgan fingerprint density at radius 2 is 1.48 bits per heavy atom. The van der Waals surface area contributed by atoms with Crippen molar-refractivity contribution in [3.63, 3.8) is 0 Å². The zero-order chi connectivity index (χ0) is 17.0. The van der Waals surface area contributed by atoms with E-state index >= 15 is 0 Å². The highest BCUT2D eigenvalue weighted by atomic mass is 19.1. The van der Waals surface area contributed by atoms with Crippen LogP contribution >= 0.6 is 0 Å². The first-order valence-electron chi connectivity index (χ1n) is 7.39. The molecule has 23 heavy (non-hydrogen) atoms. The molecule has 0 aliphatic carbocycles. The van der Waals surface area contributed by atoms with Crippen molar-refractivity contribution in [2.24, 2.45) is 0 Å². The van der Waals surface area contributed by atoms with Crippen LogP contribution in [-0.2, 0) is 9.31 Å². The van der Waals surface area contributed by atoms with E-state index in [4.69, 9.17) is 13.8 Å². The van der Waals surface area contributed by atoms with Crippen LogP contribution in [0.3, 0.4) is 0 Å². The van der Waals surface area contributed by atoms with Crippen LogP contribution in [0.1, 0.15) is 33.5 Å². The number of aromatic nitrogens is 1. The van der Waals surface area contributed by atoms with Crippen molar-refractivity contribution in [2.45, 2.75) is 45.8 Å². The van der Waals surface area contributed by atoms with E-state index in [0.717, 1.165) is 6.07 Å². The Bertz CT molecular complexity index is 722. The number of rotatable bonds is 2. The summed E-state index contributed by atoms with van der Waals surface area (Å²) in [6.07, 6.45) is 0. The van der Waals surface area contributed by atoms with Crippen LogP contribution in [0.2, 0.25) is 0 Å². The van der Waals surface area contributed by atoms with Gasteiger partial charge in [0.2, 0.25) is 0 Å². The van der Waals surface area contributed by atoms with Crippen LogP contribution in [0.5, 0.6) is 0 Å². The third kappa shape index (κ3) is 2.68. The summed E-state index contributed by atoms with van der Waals surface area (Å²) in [5, 5.41) is 3.94. The fourth-order valence-electron chi connectivity index (χ4n) is 2.52. The average Bonchev–Trinajstić information content (AvgIpc) is 2.86. The van der Waals surface area contributed by atoms with Crippen molar-refractivity contribution in [1.82, 2.24) is 5.16 Å². The van der Waals surface area contributed by atoms with Gasteiger partial charge in [0.05, 0.1) is 16.7 Å². The topological polar surface area (TPSA) is 44.5 Å². The number of halogens is 2. The Kier molecular flexibility index (Phi) is 3.61. The summed E-state index contributed by atoms with van der Waals surface area (Å²) in [6, 6.07) is 3.22. The van der Waals surface area contributed by atoms with Gasteiger partial charge in [-0.3, -0.25) is 0 Å². The Hall–Kier alpha value is -1.73. The molecule has 0 spiro atoms. The summed E-state index contributed by atoms with van der Waals surface area (Å²) in [4.78, 5) is 0. The van der Waals surface area contributed by atoms with E-state index < -0.39 is 30.0 Å². The van der Waals surface area contributed by atoms with Gasteiger partial charge in [0.15, 0.2) is 0 Å². The molecule has 0 unspecified atom stereocenters. The molecule has 3 rings (SSSR count). The molecule has 4 nitrogen and oxygen atoms in total. The number of aryl methyl sites for hydroxylation is 1. The molecular formula is C16H18BF2NO3. The highest BCUT2D eigenvalue weighted by Gasteiger charge is 2.53. The smallest absolute Gasteiger partial charge is 0.399 e. The van der Waals surface area contributed by atoms with E-state index in [1.165, 1.54) is 12.1 Å². The summed E-state index contributed by atoms with van der Waals surface area (Å²) in [5.74, 6) is -0.871. The lowest BCUT2D eigenvalue weighted by molar-refractivity contribution is 0.00578. The zero-order valence-corrected chi connectivity index (χ0v) is 13.7. The third-order valence-corrected chi connectivity index (χ3v) is 4.53. The van der Waals surface area contributed by atoms with Crippen molar-refractivity contribution in [1.29, 1.82) is 0 Å². The van der Waals surface area contributed by atoms with Crippen LogP contribution in [0.15, 0.2) is 22.7 Å². The minimum absolute atomic E-state index is 0.282. The van der Waals surface area contributed by atoms with Gasteiger partial charge in [0, 0.05) is 11.6 Å². The molecule has 1 fully saturated rings. The van der Waals surface area contributed by atoms with E-state index in [-0.39, 0.29) is 5.56 Å². The van der Waals surface area contributed by atoms with E-state index in [9.17, 15) is 8.78 Å². The quantitative estimate of drug-likeness (QED) is 0.797. The maximum absolute atomic E-state index is 13.5. The molecular weight excluding hydrogens is 303 g/mol. The SMILES string of the molecule is Cc1onc(-c2cc(F)cc(F)c2)c1B1OC(C)(C)C(C)(C)O1. The monoisotopic (exact) mass is 321 g/mol. The lowest BCUT2D eigenvalue weighted by Crippen LogP contribution is -2.41. The summed E-state index contributed by atoms with van der Waals surface area (Å²) in [5.41, 5.74) is 0.0783. The molecule has 0 N–H and O–H groups in total. The average molecular weight is 321 g/mol. The second kappa shape index (κ2) is 5.14. The number of nitrogens with zero attached hydrogens (tertiary/aromatic N) is 1. The van der Waals surface area contributed by atoms with E-state index in [0.29, 0.717) is 16.9 Å². The van der Waals surface area contributed by atoms with Crippen LogP contribution in [0, 0.1) is 18.6 Å². The highest BCUT2D eigenvalue weighted by Crippen LogP contribution is 2.37. The minimum Gasteiger partial charge on any atom is -0.399 e. The first kappa shape index (κ1) is 16.1. The molecule has 0 atom stereocenters. The van der Waals surface area contributed by atoms with Gasteiger partial charge in [-0.25, -0.2) is 8.78 Å². The molecule has 0 bridgehead atoms. The predicted molar refractivity (Wildman–Crippen MR) is 82.3 cm³/mol. The Balaban J connectivity index is 2.07. The van der Waals surface area contributed by atoms with Gasteiger partial charge in [-0.05, 0) is 46.8 Å². The number of hydrogen-bond acceptors (Lipinski definition) is 4. The van der Waals surface area contributed by atoms with Crippen LogP contribution in [0.25, 0.3) is 11.3 Å². The Morgan fingerprint density at radius 3 is 2.00 bits per heavy atom. The summed E-state index contributed by atoms with van der Waals surface area (Å²) in [7, 11) is -0.715. The van der Waals surface area contributed by atoms with Gasteiger partial charge in [-0.2, -0.15) is 0 Å². The van der Waals surface area contributed by atoms with Gasteiger partial charge < -0.3 is 13.8 Å². The first-order valence-corrected chi connectivity index (χ1v) is 7.39. The number of hydrogen-bond donors (Lipinski definition) is 0. The minimum atomic E-state index is -0.715. The van der Waals surface area contributed by atoms with Crippen LogP contribution in [-0.4, -0.2) is 23.5 Å². The van der Waals surface area contributed by atoms with Gasteiger partial charge in [0.1, 0.15) is 23.1 Å². The number of benzene rings is 1.